The van der Waals surface area contributed by atoms with Crippen LogP contribution in [0.2, 0.25) is 0 Å². The Labute approximate surface area is 203 Å². The fraction of sp³-hybridized carbons (Fsp3) is 0.0370. The summed E-state index contributed by atoms with van der Waals surface area (Å²) in [7, 11) is 0. The number of aromatic hydroxyl groups is 1. The lowest BCUT2D eigenvalue weighted by Gasteiger charge is -2.28. The summed E-state index contributed by atoms with van der Waals surface area (Å²) in [6.45, 7) is 0. The first kappa shape index (κ1) is 21.0. The van der Waals surface area contributed by atoms with E-state index in [1.165, 1.54) is 11.3 Å². The first-order valence-electron chi connectivity index (χ1n) is 10.9. The van der Waals surface area contributed by atoms with Crippen molar-refractivity contribution in [3.05, 3.63) is 112 Å². The molecule has 0 unspecified atom stereocenters. The van der Waals surface area contributed by atoms with Gasteiger partial charge in [0.15, 0.2) is 5.69 Å². The van der Waals surface area contributed by atoms with Crippen LogP contribution in [0.3, 0.4) is 0 Å². The number of hydrogen-bond donors (Lipinski definition) is 3. The quantitative estimate of drug-likeness (QED) is 0.270. The van der Waals surface area contributed by atoms with Gasteiger partial charge in [-0.25, -0.2) is 0 Å². The van der Waals surface area contributed by atoms with Gasteiger partial charge in [-0.2, -0.15) is 0 Å². The van der Waals surface area contributed by atoms with E-state index in [0.29, 0.717) is 22.2 Å². The Hall–Kier alpha value is -4.56. The molecule has 8 heteroatoms. The van der Waals surface area contributed by atoms with E-state index >= 15 is 0 Å². The maximum atomic E-state index is 13.6. The highest BCUT2D eigenvalue weighted by molar-refractivity contribution is 7.13. The number of H-pyrrole nitrogens is 1. The van der Waals surface area contributed by atoms with Crippen molar-refractivity contribution in [2.24, 2.45) is 10.2 Å². The summed E-state index contributed by atoms with van der Waals surface area (Å²) >= 11 is 1.21. The van der Waals surface area contributed by atoms with Gasteiger partial charge in [-0.05, 0) is 22.6 Å². The molecule has 2 aromatic heterocycles. The molecule has 1 aliphatic heterocycles. The number of nitrogens with zero attached hydrogens (tertiary/aromatic N) is 2. The molecule has 170 valence electrons. The summed E-state index contributed by atoms with van der Waals surface area (Å²) in [5.74, 6) is -0.995. The number of rotatable bonds is 4. The van der Waals surface area contributed by atoms with Gasteiger partial charge < -0.3 is 15.4 Å². The summed E-state index contributed by atoms with van der Waals surface area (Å²) < 4.78 is 0. The number of aromatic nitrogens is 1. The second-order valence-electron chi connectivity index (χ2n) is 8.16. The van der Waals surface area contributed by atoms with Crippen LogP contribution in [0.1, 0.15) is 26.4 Å². The van der Waals surface area contributed by atoms with Gasteiger partial charge in [0.25, 0.3) is 0 Å². The van der Waals surface area contributed by atoms with E-state index in [0.717, 1.165) is 11.1 Å². The van der Waals surface area contributed by atoms with E-state index < -0.39 is 11.3 Å². The van der Waals surface area contributed by atoms with Crippen molar-refractivity contribution in [3.8, 4) is 5.88 Å². The second-order valence-corrected chi connectivity index (χ2v) is 9.04. The number of benzene rings is 3. The molecule has 6 rings (SSSR count). The van der Waals surface area contributed by atoms with E-state index in [2.05, 4.69) is 20.5 Å². The average molecular weight is 479 g/mol. The summed E-state index contributed by atoms with van der Waals surface area (Å²) in [6.07, 6.45) is 0. The number of anilines is 1. The lowest BCUT2D eigenvalue weighted by atomic mass is 9.71. The van der Waals surface area contributed by atoms with E-state index in [4.69, 9.17) is 0 Å². The predicted molar refractivity (Wildman–Crippen MR) is 135 cm³/mol. The third-order valence-corrected chi connectivity index (χ3v) is 7.25. The molecule has 7 nitrogen and oxygen atoms in total. The fourth-order valence-corrected chi connectivity index (χ4v) is 5.67. The van der Waals surface area contributed by atoms with Crippen LogP contribution in [0, 0.1) is 0 Å². The Balaban J connectivity index is 1.45. The number of nitrogens with one attached hydrogen (secondary N) is 2. The number of aromatic amines is 1. The molecule has 2 amide bonds. The molecule has 0 fully saturated rings. The van der Waals surface area contributed by atoms with Gasteiger partial charge in [-0.1, -0.05) is 78.9 Å². The molecule has 0 spiro atoms. The Morgan fingerprint density at radius 3 is 2.20 bits per heavy atom. The highest BCUT2D eigenvalue weighted by Crippen LogP contribution is 2.51. The van der Waals surface area contributed by atoms with Crippen LogP contribution < -0.4 is 5.32 Å². The smallest absolute Gasteiger partial charge is 0.307 e. The van der Waals surface area contributed by atoms with Gasteiger partial charge >= 0.3 is 5.91 Å². The van der Waals surface area contributed by atoms with Gasteiger partial charge in [0, 0.05) is 10.9 Å². The number of carbonyl (C=O) groups excluding carboxylic acids is 2. The largest absolute Gasteiger partial charge is 0.493 e. The fourth-order valence-electron chi connectivity index (χ4n) is 4.72. The first-order valence-corrected chi connectivity index (χ1v) is 11.8. The van der Waals surface area contributed by atoms with Gasteiger partial charge in [0.2, 0.25) is 11.8 Å². The number of amides is 2. The molecule has 5 aromatic rings. The Morgan fingerprint density at radius 1 is 0.886 bits per heavy atom. The standard InChI is InChI=1S/C27H18N4O3S/c32-24-21(18-13-7-8-14-20(18)28-24)30-31-25(33)23-22-19(15-35-23)27(26(34)29-22,16-9-3-1-4-10-16)17-11-5-2-6-12-17/h1-15,28,32H,(H,29,34). The summed E-state index contributed by atoms with van der Waals surface area (Å²) in [5.41, 5.74) is 2.56. The third-order valence-electron chi connectivity index (χ3n) is 6.28. The van der Waals surface area contributed by atoms with Crippen LogP contribution in [-0.2, 0) is 10.2 Å². The highest BCUT2D eigenvalue weighted by atomic mass is 32.1. The van der Waals surface area contributed by atoms with Gasteiger partial charge in [0.05, 0.1) is 11.2 Å². The number of thiophene rings is 1. The molecular weight excluding hydrogens is 460 g/mol. The van der Waals surface area contributed by atoms with Crippen LogP contribution in [-0.4, -0.2) is 21.9 Å². The van der Waals surface area contributed by atoms with Crippen molar-refractivity contribution in [3.63, 3.8) is 0 Å². The van der Waals surface area contributed by atoms with Crippen LogP contribution in [0.15, 0.2) is 101 Å². The predicted octanol–water partition coefficient (Wildman–Crippen LogP) is 6.15. The number of azo groups is 1. The molecule has 0 atom stereocenters. The Kier molecular flexibility index (Phi) is 4.82. The normalized spacial score (nSPS) is 14.3. The number of fused-ring (bicyclic) bond motifs is 2. The van der Waals surface area contributed by atoms with E-state index in [-0.39, 0.29) is 22.4 Å². The molecular formula is C27H18N4O3S. The number of para-hydroxylation sites is 1. The van der Waals surface area contributed by atoms with Crippen molar-refractivity contribution in [1.29, 1.82) is 0 Å². The maximum absolute atomic E-state index is 13.6. The summed E-state index contributed by atoms with van der Waals surface area (Å²) in [6, 6.07) is 26.3. The van der Waals surface area contributed by atoms with E-state index in [9.17, 15) is 14.7 Å². The zero-order valence-electron chi connectivity index (χ0n) is 18.2. The lowest BCUT2D eigenvalue weighted by Crippen LogP contribution is -2.36. The monoisotopic (exact) mass is 478 g/mol. The minimum Gasteiger partial charge on any atom is -0.493 e. The van der Waals surface area contributed by atoms with Gasteiger partial charge in [-0.3, -0.25) is 9.59 Å². The zero-order valence-corrected chi connectivity index (χ0v) is 19.0. The minimum atomic E-state index is -1.08. The molecule has 0 saturated heterocycles. The zero-order chi connectivity index (χ0) is 24.0. The molecule has 0 radical (unpaired) electrons. The lowest BCUT2D eigenvalue weighted by molar-refractivity contribution is -0.118. The van der Waals surface area contributed by atoms with Crippen LogP contribution in [0.25, 0.3) is 10.9 Å². The summed E-state index contributed by atoms with van der Waals surface area (Å²) in [5, 5.41) is 23.6. The van der Waals surface area contributed by atoms with Crippen molar-refractivity contribution >= 4 is 45.4 Å². The van der Waals surface area contributed by atoms with Gasteiger partial charge in [-0.15, -0.1) is 21.6 Å². The SMILES string of the molecule is O=C(N=Nc1c(O)[nH]c2ccccc12)c1scc2c1NC(=O)C2(c1ccccc1)c1ccccc1. The molecule has 0 bridgehead atoms. The Bertz CT molecular complexity index is 1580. The second kappa shape index (κ2) is 8.03. The van der Waals surface area contributed by atoms with Crippen LogP contribution >= 0.6 is 11.3 Å². The number of carbonyl (C=O) groups is 2. The van der Waals surface area contributed by atoms with Crippen molar-refractivity contribution < 1.29 is 14.7 Å². The molecule has 0 saturated carbocycles. The molecule has 3 heterocycles. The van der Waals surface area contributed by atoms with Crippen molar-refractivity contribution in [1.82, 2.24) is 4.98 Å². The van der Waals surface area contributed by atoms with Gasteiger partial charge in [0.1, 0.15) is 10.3 Å². The van der Waals surface area contributed by atoms with E-state index in [1.807, 2.05) is 78.2 Å². The Morgan fingerprint density at radius 2 is 1.51 bits per heavy atom. The average Bonchev–Trinajstić information content (AvgIpc) is 3.53. The molecule has 35 heavy (non-hydrogen) atoms. The molecule has 0 aliphatic carbocycles. The topological polar surface area (TPSA) is 107 Å². The molecule has 3 N–H and O–H groups in total. The maximum Gasteiger partial charge on any atom is 0.307 e. The molecule has 3 aromatic carbocycles. The number of hydrogen-bond acceptors (Lipinski definition) is 5. The van der Waals surface area contributed by atoms with Crippen LogP contribution in [0.4, 0.5) is 11.4 Å². The van der Waals surface area contributed by atoms with E-state index in [1.54, 1.807) is 12.1 Å². The highest BCUT2D eigenvalue weighted by Gasteiger charge is 2.51. The first-order chi connectivity index (χ1) is 17.1. The molecule has 1 aliphatic rings. The van der Waals surface area contributed by atoms with Crippen molar-refractivity contribution in [2.75, 3.05) is 5.32 Å². The minimum absolute atomic E-state index is 0.167. The van der Waals surface area contributed by atoms with Crippen LogP contribution in [0.5, 0.6) is 5.88 Å². The third kappa shape index (κ3) is 3.11. The van der Waals surface area contributed by atoms with Crippen molar-refractivity contribution in [2.45, 2.75) is 5.41 Å². The summed E-state index contributed by atoms with van der Waals surface area (Å²) in [4.78, 5) is 29.8.